The fourth-order valence-corrected chi connectivity index (χ4v) is 11.4. The van der Waals surface area contributed by atoms with E-state index in [1.165, 1.54) is 88.9 Å². The van der Waals surface area contributed by atoms with Crippen LogP contribution >= 0.6 is 6.83 Å². The predicted octanol–water partition coefficient (Wildman–Crippen LogP) is 9.19. The van der Waals surface area contributed by atoms with Crippen molar-refractivity contribution >= 4 is 12.8 Å². The first-order valence-corrected chi connectivity index (χ1v) is 15.8. The minimum absolute atomic E-state index is 0.123. The molecule has 176 valence electrons. The predicted molar refractivity (Wildman–Crippen MR) is 135 cm³/mol. The summed E-state index contributed by atoms with van der Waals surface area (Å²) >= 11 is 0. The molecule has 0 spiro atoms. The van der Waals surface area contributed by atoms with E-state index in [0.717, 1.165) is 12.8 Å². The van der Waals surface area contributed by atoms with Gasteiger partial charge in [0.1, 0.15) is 0 Å². The van der Waals surface area contributed by atoms with E-state index in [9.17, 15) is 4.79 Å². The molecule has 2 nitrogen and oxygen atoms in total. The van der Waals surface area contributed by atoms with Gasteiger partial charge >= 0.3 is 184 Å². The van der Waals surface area contributed by atoms with Crippen LogP contribution in [0, 0.1) is 5.41 Å². The van der Waals surface area contributed by atoms with Crippen LogP contribution in [0.15, 0.2) is 0 Å². The zero-order chi connectivity index (χ0) is 22.3. The summed E-state index contributed by atoms with van der Waals surface area (Å²) in [5.74, 6) is 0.123. The van der Waals surface area contributed by atoms with Crippen molar-refractivity contribution in [3.8, 4) is 0 Å². The Labute approximate surface area is 184 Å². The van der Waals surface area contributed by atoms with Crippen molar-refractivity contribution < 1.29 is 9.32 Å². The quantitative estimate of drug-likeness (QED) is 0.160. The molecule has 0 amide bonds. The van der Waals surface area contributed by atoms with E-state index in [0.29, 0.717) is 11.8 Å². The van der Waals surface area contributed by atoms with Crippen LogP contribution in [0.4, 0.5) is 0 Å². The molecule has 0 aliphatic rings. The van der Waals surface area contributed by atoms with Crippen molar-refractivity contribution in [2.24, 2.45) is 5.41 Å². The third-order valence-corrected chi connectivity index (χ3v) is 13.0. The summed E-state index contributed by atoms with van der Waals surface area (Å²) in [6, 6.07) is 0. The summed E-state index contributed by atoms with van der Waals surface area (Å²) in [5, 5.41) is 0. The molecule has 0 saturated heterocycles. The first kappa shape index (κ1) is 28.9. The Morgan fingerprint density at radius 2 is 1.07 bits per heavy atom. The minimum atomic E-state index is -2.44. The van der Waals surface area contributed by atoms with E-state index >= 15 is 0 Å². The first-order chi connectivity index (χ1) is 13.7. The number of rotatable bonds is 18. The summed E-state index contributed by atoms with van der Waals surface area (Å²) in [7, 11) is 0. The number of carbonyl (C=O) groups is 1. The second-order valence-corrected chi connectivity index (χ2v) is 16.4. The van der Waals surface area contributed by atoms with E-state index < -0.39 is 6.83 Å². The average Bonchev–Trinajstić information content (AvgIpc) is 2.67. The zero-order valence-corrected chi connectivity index (χ0v) is 22.2. The van der Waals surface area contributed by atoms with Gasteiger partial charge in [0.2, 0.25) is 0 Å². The van der Waals surface area contributed by atoms with Crippen LogP contribution in [-0.2, 0) is 9.32 Å². The van der Waals surface area contributed by atoms with Gasteiger partial charge in [-0.25, -0.2) is 0 Å². The first-order valence-electron chi connectivity index (χ1n) is 12.9. The van der Waals surface area contributed by atoms with Crippen molar-refractivity contribution in [3.63, 3.8) is 0 Å². The van der Waals surface area contributed by atoms with Crippen LogP contribution in [0.5, 0.6) is 0 Å². The van der Waals surface area contributed by atoms with Crippen molar-refractivity contribution in [1.29, 1.82) is 0 Å². The molecule has 0 atom stereocenters. The van der Waals surface area contributed by atoms with Crippen molar-refractivity contribution in [2.75, 3.05) is 24.6 Å². The van der Waals surface area contributed by atoms with Gasteiger partial charge in [0.15, 0.2) is 0 Å². The molecule has 0 aliphatic carbocycles. The maximum absolute atomic E-state index is 13.1. The Morgan fingerprint density at radius 3 is 1.41 bits per heavy atom. The summed E-state index contributed by atoms with van der Waals surface area (Å²) in [5.41, 5.74) is 0.396. The molecule has 0 aliphatic heterocycles. The van der Waals surface area contributed by atoms with Gasteiger partial charge in [0.05, 0.1) is 0 Å². The SMILES string of the molecule is CCCCP(CCCC)(CCCC)(CCCC)OC(=O)CCCCCC(C)(C)C. The van der Waals surface area contributed by atoms with Crippen molar-refractivity contribution in [1.82, 2.24) is 0 Å². The van der Waals surface area contributed by atoms with Gasteiger partial charge < -0.3 is 0 Å². The van der Waals surface area contributed by atoms with Crippen LogP contribution in [0.1, 0.15) is 132 Å². The second-order valence-electron chi connectivity index (χ2n) is 10.8. The normalized spacial score (nSPS) is 13.8. The second kappa shape index (κ2) is 14.8. The molecule has 0 unspecified atom stereocenters. The molecule has 0 aromatic rings. The van der Waals surface area contributed by atoms with Crippen LogP contribution in [-0.4, -0.2) is 30.6 Å². The van der Waals surface area contributed by atoms with E-state index in [4.69, 9.17) is 4.52 Å². The molecule has 0 heterocycles. The van der Waals surface area contributed by atoms with Crippen LogP contribution < -0.4 is 0 Å². The summed E-state index contributed by atoms with van der Waals surface area (Å²) < 4.78 is 6.77. The van der Waals surface area contributed by atoms with E-state index in [1.54, 1.807) is 0 Å². The Morgan fingerprint density at radius 1 is 0.655 bits per heavy atom. The Kier molecular flexibility index (Phi) is 14.8. The topological polar surface area (TPSA) is 26.3 Å². The van der Waals surface area contributed by atoms with Gasteiger partial charge in [-0.2, -0.15) is 0 Å². The maximum atomic E-state index is 13.1. The third-order valence-electron chi connectivity index (χ3n) is 6.48. The van der Waals surface area contributed by atoms with Gasteiger partial charge in [0, 0.05) is 0 Å². The molecule has 0 saturated carbocycles. The summed E-state index contributed by atoms with van der Waals surface area (Å²) in [6.45, 7) is 13.6. The third kappa shape index (κ3) is 12.4. The van der Waals surface area contributed by atoms with E-state index in [-0.39, 0.29) is 5.97 Å². The Balaban J connectivity index is 5.26. The average molecular weight is 431 g/mol. The molecule has 0 aromatic carbocycles. The van der Waals surface area contributed by atoms with E-state index in [1.807, 2.05) is 0 Å². The molecule has 3 heteroatoms. The van der Waals surface area contributed by atoms with Crippen LogP contribution in [0.25, 0.3) is 0 Å². The van der Waals surface area contributed by atoms with Crippen LogP contribution in [0.2, 0.25) is 0 Å². The molecule has 0 rings (SSSR count). The fourth-order valence-electron chi connectivity index (χ4n) is 4.52. The van der Waals surface area contributed by atoms with Crippen LogP contribution in [0.3, 0.4) is 0 Å². The number of hydrogen-bond acceptors (Lipinski definition) is 2. The van der Waals surface area contributed by atoms with Crippen molar-refractivity contribution in [2.45, 2.75) is 132 Å². The number of unbranched alkanes of at least 4 members (excludes halogenated alkanes) is 6. The van der Waals surface area contributed by atoms with Gasteiger partial charge in [-0.05, 0) is 0 Å². The molecular weight excluding hydrogens is 375 g/mol. The molecule has 0 N–H and O–H groups in total. The number of carbonyl (C=O) groups excluding carboxylic acids is 1. The molecule has 0 fully saturated rings. The molecular formula is C26H55O2P. The standard InChI is InChI=1S/C26H55O2P/c1-8-12-21-29(22-13-9-2,23-14-10-3,24-15-11-4)28-25(27)19-17-16-18-20-26(5,6)7/h8-24H2,1-7H3. The fraction of sp³-hybridized carbons (Fsp3) is 0.962. The number of hydrogen-bond donors (Lipinski definition) is 0. The summed E-state index contributed by atoms with van der Waals surface area (Å²) in [6.07, 6.45) is 19.6. The van der Waals surface area contributed by atoms with Crippen molar-refractivity contribution in [3.05, 3.63) is 0 Å². The zero-order valence-electron chi connectivity index (χ0n) is 21.3. The molecule has 0 bridgehead atoms. The monoisotopic (exact) mass is 430 g/mol. The Bertz CT molecular complexity index is 381. The van der Waals surface area contributed by atoms with Gasteiger partial charge in [-0.15, -0.1) is 0 Å². The van der Waals surface area contributed by atoms with E-state index in [2.05, 4.69) is 48.5 Å². The molecule has 0 aromatic heterocycles. The van der Waals surface area contributed by atoms with Gasteiger partial charge in [-0.3, -0.25) is 0 Å². The summed E-state index contributed by atoms with van der Waals surface area (Å²) in [4.78, 5) is 13.1. The van der Waals surface area contributed by atoms with Gasteiger partial charge in [0.25, 0.3) is 0 Å². The Hall–Kier alpha value is -0.100. The molecule has 0 radical (unpaired) electrons. The molecule has 29 heavy (non-hydrogen) atoms. The van der Waals surface area contributed by atoms with Gasteiger partial charge in [-0.1, -0.05) is 0 Å².